The molecule has 2 amide bonds. The van der Waals surface area contributed by atoms with E-state index in [2.05, 4.69) is 5.32 Å². The van der Waals surface area contributed by atoms with Crippen LogP contribution in [-0.4, -0.2) is 50.1 Å². The van der Waals surface area contributed by atoms with Crippen LogP contribution in [-0.2, 0) is 22.6 Å². The number of methoxy groups -OCH3 is 2. The second-order valence-corrected chi connectivity index (χ2v) is 8.02. The van der Waals surface area contributed by atoms with Gasteiger partial charge in [-0.05, 0) is 48.7 Å². The lowest BCUT2D eigenvalue weighted by Gasteiger charge is -2.28. The highest BCUT2D eigenvalue weighted by Gasteiger charge is 2.26. The Morgan fingerprint density at radius 3 is 2.17 bits per heavy atom. The molecule has 0 aliphatic heterocycles. The van der Waals surface area contributed by atoms with Crippen molar-refractivity contribution in [2.45, 2.75) is 25.9 Å². The third-order valence-corrected chi connectivity index (χ3v) is 5.63. The molecule has 0 unspecified atom stereocenters. The highest BCUT2D eigenvalue weighted by Crippen LogP contribution is 2.27. The van der Waals surface area contributed by atoms with E-state index in [1.165, 1.54) is 0 Å². The molecule has 3 rings (SSSR count). The fourth-order valence-corrected chi connectivity index (χ4v) is 3.62. The lowest BCUT2D eigenvalue weighted by atomic mass is 10.1. The molecule has 35 heavy (non-hydrogen) atoms. The van der Waals surface area contributed by atoms with Gasteiger partial charge in [-0.15, -0.1) is 0 Å². The fraction of sp³-hybridized carbons (Fsp3) is 0.286. The summed E-state index contributed by atoms with van der Waals surface area (Å²) in [5.41, 5.74) is 1.94. The van der Waals surface area contributed by atoms with Gasteiger partial charge in [0, 0.05) is 13.1 Å². The zero-order chi connectivity index (χ0) is 25.0. The molecule has 0 aliphatic carbocycles. The number of nitrogens with zero attached hydrogens (tertiary/aromatic N) is 1. The number of para-hydroxylation sites is 1. The van der Waals surface area contributed by atoms with Crippen molar-refractivity contribution in [1.82, 2.24) is 10.2 Å². The summed E-state index contributed by atoms with van der Waals surface area (Å²) in [6.07, 6.45) is 0.614. The molecule has 0 aliphatic rings. The average Bonchev–Trinajstić information content (AvgIpc) is 2.91. The minimum absolute atomic E-state index is 0.153. The molecule has 3 aromatic carbocycles. The second kappa shape index (κ2) is 13.0. The Hall–Kier alpha value is -4.00. The van der Waals surface area contributed by atoms with Crippen LogP contribution >= 0.6 is 0 Å². The van der Waals surface area contributed by atoms with E-state index in [4.69, 9.17) is 14.2 Å². The summed E-state index contributed by atoms with van der Waals surface area (Å²) < 4.78 is 16.3. The van der Waals surface area contributed by atoms with Crippen molar-refractivity contribution >= 4 is 11.8 Å². The third-order valence-electron chi connectivity index (χ3n) is 5.63. The Bertz CT molecular complexity index is 1090. The first-order chi connectivity index (χ1) is 17.0. The number of carbonyl (C=O) groups excluding carboxylic acids is 2. The van der Waals surface area contributed by atoms with Crippen molar-refractivity contribution < 1.29 is 23.8 Å². The molecular weight excluding hydrogens is 444 g/mol. The first-order valence-electron chi connectivity index (χ1n) is 11.5. The molecule has 1 N–H and O–H groups in total. The monoisotopic (exact) mass is 476 g/mol. The Morgan fingerprint density at radius 1 is 0.857 bits per heavy atom. The number of hydrogen-bond donors (Lipinski definition) is 1. The van der Waals surface area contributed by atoms with Gasteiger partial charge >= 0.3 is 0 Å². The van der Waals surface area contributed by atoms with Crippen LogP contribution in [0.4, 0.5) is 0 Å². The summed E-state index contributed by atoms with van der Waals surface area (Å²) in [5.74, 6) is 1.41. The van der Waals surface area contributed by atoms with Crippen molar-refractivity contribution in [3.05, 3.63) is 90.0 Å². The van der Waals surface area contributed by atoms with Crippen LogP contribution in [0.25, 0.3) is 0 Å². The number of ether oxygens (including phenoxy) is 3. The first kappa shape index (κ1) is 25.6. The van der Waals surface area contributed by atoms with Gasteiger partial charge < -0.3 is 24.4 Å². The van der Waals surface area contributed by atoms with Gasteiger partial charge in [-0.25, -0.2) is 0 Å². The summed E-state index contributed by atoms with van der Waals surface area (Å²) in [7, 11) is 3.18. The van der Waals surface area contributed by atoms with E-state index in [0.29, 0.717) is 36.8 Å². The van der Waals surface area contributed by atoms with E-state index in [1.54, 1.807) is 38.2 Å². The largest absolute Gasteiger partial charge is 0.493 e. The van der Waals surface area contributed by atoms with Crippen LogP contribution in [0.5, 0.6) is 17.2 Å². The Morgan fingerprint density at radius 2 is 1.51 bits per heavy atom. The molecule has 3 aromatic rings. The quantitative estimate of drug-likeness (QED) is 0.430. The normalized spacial score (nSPS) is 11.3. The Kier molecular flexibility index (Phi) is 9.54. The van der Waals surface area contributed by atoms with Gasteiger partial charge in [-0.2, -0.15) is 0 Å². The summed E-state index contributed by atoms with van der Waals surface area (Å²) in [6.45, 7) is 2.31. The zero-order valence-electron chi connectivity index (χ0n) is 20.4. The summed E-state index contributed by atoms with van der Waals surface area (Å²) in [6, 6.07) is 23.7. The van der Waals surface area contributed by atoms with Gasteiger partial charge in [0.1, 0.15) is 11.8 Å². The Labute approximate surface area is 206 Å². The second-order valence-electron chi connectivity index (χ2n) is 8.02. The third kappa shape index (κ3) is 7.50. The maximum Gasteiger partial charge on any atom is 0.261 e. The molecule has 0 saturated carbocycles. The molecule has 0 spiro atoms. The Balaban J connectivity index is 1.62. The minimum Gasteiger partial charge on any atom is -0.493 e. The standard InChI is InChI=1S/C28H32N2O5/c1-21(28(32)29-17-16-22-14-15-25(33-2)26(18-22)34-3)30(19-23-10-6-4-7-11-23)27(31)20-35-24-12-8-5-9-13-24/h4-15,18,21H,16-17,19-20H2,1-3H3,(H,29,32)/t21-/m0/s1. The van der Waals surface area contributed by atoms with Crippen LogP contribution in [0.15, 0.2) is 78.9 Å². The van der Waals surface area contributed by atoms with Crippen LogP contribution in [0.1, 0.15) is 18.1 Å². The molecule has 1 atom stereocenters. The smallest absolute Gasteiger partial charge is 0.261 e. The summed E-state index contributed by atoms with van der Waals surface area (Å²) in [5, 5.41) is 2.95. The molecule has 0 bridgehead atoms. The van der Waals surface area contributed by atoms with Gasteiger partial charge in [0.25, 0.3) is 5.91 Å². The maximum absolute atomic E-state index is 13.1. The molecule has 184 valence electrons. The lowest BCUT2D eigenvalue weighted by Crippen LogP contribution is -2.49. The van der Waals surface area contributed by atoms with E-state index >= 15 is 0 Å². The summed E-state index contributed by atoms with van der Waals surface area (Å²) >= 11 is 0. The van der Waals surface area contributed by atoms with Gasteiger partial charge in [-0.3, -0.25) is 9.59 Å². The molecule has 7 nitrogen and oxygen atoms in total. The van der Waals surface area contributed by atoms with Crippen molar-refractivity contribution in [1.29, 1.82) is 0 Å². The molecule has 0 saturated heterocycles. The highest BCUT2D eigenvalue weighted by molar-refractivity contribution is 5.88. The van der Waals surface area contributed by atoms with Crippen molar-refractivity contribution in [3.8, 4) is 17.2 Å². The summed E-state index contributed by atoms with van der Waals surface area (Å²) in [4.78, 5) is 27.6. The fourth-order valence-electron chi connectivity index (χ4n) is 3.62. The van der Waals surface area contributed by atoms with Gasteiger partial charge in [0.15, 0.2) is 18.1 Å². The highest BCUT2D eigenvalue weighted by atomic mass is 16.5. The average molecular weight is 477 g/mol. The molecule has 0 aromatic heterocycles. The van der Waals surface area contributed by atoms with Gasteiger partial charge in [0.05, 0.1) is 14.2 Å². The van der Waals surface area contributed by atoms with Crippen LogP contribution in [0.3, 0.4) is 0 Å². The number of rotatable bonds is 12. The number of benzene rings is 3. The molecule has 7 heteroatoms. The topological polar surface area (TPSA) is 77.1 Å². The van der Waals surface area contributed by atoms with E-state index < -0.39 is 6.04 Å². The molecule has 0 fully saturated rings. The lowest BCUT2D eigenvalue weighted by molar-refractivity contribution is -0.142. The molecule has 0 radical (unpaired) electrons. The van der Waals surface area contributed by atoms with Crippen LogP contribution < -0.4 is 19.5 Å². The van der Waals surface area contributed by atoms with Crippen molar-refractivity contribution in [2.24, 2.45) is 0 Å². The number of amides is 2. The van der Waals surface area contributed by atoms with Crippen molar-refractivity contribution in [3.63, 3.8) is 0 Å². The number of hydrogen-bond acceptors (Lipinski definition) is 5. The number of carbonyl (C=O) groups is 2. The first-order valence-corrected chi connectivity index (χ1v) is 11.5. The minimum atomic E-state index is -0.674. The van der Waals surface area contributed by atoms with E-state index in [1.807, 2.05) is 66.7 Å². The van der Waals surface area contributed by atoms with Crippen LogP contribution in [0.2, 0.25) is 0 Å². The van der Waals surface area contributed by atoms with Crippen molar-refractivity contribution in [2.75, 3.05) is 27.4 Å². The number of nitrogens with one attached hydrogen (secondary N) is 1. The van der Waals surface area contributed by atoms with Gasteiger partial charge in [0.2, 0.25) is 5.91 Å². The zero-order valence-corrected chi connectivity index (χ0v) is 20.4. The molecular formula is C28H32N2O5. The SMILES string of the molecule is COc1ccc(CCNC(=O)[C@H](C)N(Cc2ccccc2)C(=O)COc2ccccc2)cc1OC. The predicted molar refractivity (Wildman–Crippen MR) is 135 cm³/mol. The van der Waals surface area contributed by atoms with E-state index in [0.717, 1.165) is 11.1 Å². The van der Waals surface area contributed by atoms with E-state index in [-0.39, 0.29) is 18.4 Å². The van der Waals surface area contributed by atoms with E-state index in [9.17, 15) is 9.59 Å². The van der Waals surface area contributed by atoms with Gasteiger partial charge in [-0.1, -0.05) is 54.6 Å². The van der Waals surface area contributed by atoms with Crippen LogP contribution in [0, 0.1) is 0 Å². The maximum atomic E-state index is 13.1. The predicted octanol–water partition coefficient (Wildman–Crippen LogP) is 3.86. The molecule has 0 heterocycles.